The van der Waals surface area contributed by atoms with Gasteiger partial charge in [-0.15, -0.1) is 0 Å². The molecule has 22 heavy (non-hydrogen) atoms. The van der Waals surface area contributed by atoms with Crippen molar-refractivity contribution < 1.29 is 0 Å². The second-order valence-electron chi connectivity index (χ2n) is 7.12. The van der Waals surface area contributed by atoms with E-state index in [0.29, 0.717) is 0 Å². The summed E-state index contributed by atoms with van der Waals surface area (Å²) in [6, 6.07) is 18.0. The van der Waals surface area contributed by atoms with Crippen LogP contribution in [0.2, 0.25) is 0 Å². The van der Waals surface area contributed by atoms with Gasteiger partial charge in [0.25, 0.3) is 0 Å². The highest BCUT2D eigenvalue weighted by atomic mass is 15.2. The zero-order valence-electron chi connectivity index (χ0n) is 13.7. The van der Waals surface area contributed by atoms with Gasteiger partial charge in [-0.05, 0) is 74.4 Å². The van der Waals surface area contributed by atoms with Crippen LogP contribution < -0.4 is 0 Å². The summed E-state index contributed by atoms with van der Waals surface area (Å²) >= 11 is 0. The lowest BCUT2D eigenvalue weighted by atomic mass is 9.66. The van der Waals surface area contributed by atoms with Gasteiger partial charge in [-0.1, -0.05) is 48.5 Å². The molecule has 114 valence electrons. The first-order chi connectivity index (χ1) is 10.7. The Hall–Kier alpha value is -1.60. The maximum atomic E-state index is 2.76. The van der Waals surface area contributed by atoms with Crippen molar-refractivity contribution in [1.82, 2.24) is 4.90 Å². The lowest BCUT2D eigenvalue weighted by Crippen LogP contribution is -2.57. The fourth-order valence-electron chi connectivity index (χ4n) is 4.85. The van der Waals surface area contributed by atoms with E-state index < -0.39 is 0 Å². The van der Waals surface area contributed by atoms with Gasteiger partial charge in [-0.3, -0.25) is 4.90 Å². The summed E-state index contributed by atoms with van der Waals surface area (Å²) in [7, 11) is 0. The van der Waals surface area contributed by atoms with Crippen LogP contribution in [0, 0.1) is 19.8 Å². The maximum absolute atomic E-state index is 2.76. The molecule has 0 aliphatic carbocycles. The Balaban J connectivity index is 1.97. The second-order valence-corrected chi connectivity index (χ2v) is 7.12. The molecule has 3 aliphatic rings. The minimum Gasteiger partial charge on any atom is -0.290 e. The van der Waals surface area contributed by atoms with Crippen molar-refractivity contribution in [2.75, 3.05) is 13.1 Å². The van der Waals surface area contributed by atoms with Gasteiger partial charge in [0.15, 0.2) is 0 Å². The molecular weight excluding hydrogens is 266 g/mol. The van der Waals surface area contributed by atoms with Gasteiger partial charge in [0.1, 0.15) is 0 Å². The predicted molar refractivity (Wildman–Crippen MR) is 92.1 cm³/mol. The van der Waals surface area contributed by atoms with E-state index in [9.17, 15) is 0 Å². The van der Waals surface area contributed by atoms with Crippen LogP contribution in [0.1, 0.15) is 41.5 Å². The lowest BCUT2D eigenvalue weighted by molar-refractivity contribution is -0.00765. The van der Waals surface area contributed by atoms with Crippen LogP contribution in [0.4, 0.5) is 0 Å². The molecule has 5 rings (SSSR count). The number of piperidine rings is 3. The fourth-order valence-corrected chi connectivity index (χ4v) is 4.85. The minimum absolute atomic E-state index is 0.0951. The van der Waals surface area contributed by atoms with E-state index in [-0.39, 0.29) is 5.54 Å². The van der Waals surface area contributed by atoms with Crippen molar-refractivity contribution >= 4 is 0 Å². The highest BCUT2D eigenvalue weighted by molar-refractivity contribution is 5.47. The highest BCUT2D eigenvalue weighted by Gasteiger charge is 2.49. The summed E-state index contributed by atoms with van der Waals surface area (Å²) in [5, 5.41) is 0. The third-order valence-electron chi connectivity index (χ3n) is 5.92. The summed E-state index contributed by atoms with van der Waals surface area (Å²) < 4.78 is 0. The number of rotatable bonds is 2. The number of hydrogen-bond donors (Lipinski definition) is 0. The standard InChI is InChI=1S/C21H25N/c1-16-7-3-5-9-19(16)21(20-10-6-4-8-17(20)2)15-18-11-13-22(21)14-12-18/h3-10,18H,11-15H2,1-2H3. The Labute approximate surface area is 134 Å². The summed E-state index contributed by atoms with van der Waals surface area (Å²) in [5.41, 5.74) is 6.00. The number of hydrogen-bond acceptors (Lipinski definition) is 1. The zero-order valence-corrected chi connectivity index (χ0v) is 13.7. The Morgan fingerprint density at radius 2 is 1.32 bits per heavy atom. The number of aryl methyl sites for hydroxylation is 2. The molecule has 0 radical (unpaired) electrons. The average Bonchev–Trinajstić information content (AvgIpc) is 2.56. The summed E-state index contributed by atoms with van der Waals surface area (Å²) in [5.74, 6) is 0.879. The van der Waals surface area contributed by atoms with Crippen LogP contribution in [0.15, 0.2) is 48.5 Å². The van der Waals surface area contributed by atoms with Crippen LogP contribution in [0.5, 0.6) is 0 Å². The minimum atomic E-state index is 0.0951. The molecule has 0 amide bonds. The van der Waals surface area contributed by atoms with Crippen LogP contribution in [0.3, 0.4) is 0 Å². The van der Waals surface area contributed by atoms with E-state index in [0.717, 1.165) is 5.92 Å². The molecule has 3 heterocycles. The molecule has 1 heteroatoms. The Kier molecular flexibility index (Phi) is 3.34. The number of benzene rings is 2. The van der Waals surface area contributed by atoms with Crippen LogP contribution in [-0.4, -0.2) is 18.0 Å². The maximum Gasteiger partial charge on any atom is 0.0723 e. The smallest absolute Gasteiger partial charge is 0.0723 e. The lowest BCUT2D eigenvalue weighted by Gasteiger charge is -2.56. The van der Waals surface area contributed by atoms with Gasteiger partial charge in [0.05, 0.1) is 5.54 Å². The molecule has 0 aromatic heterocycles. The van der Waals surface area contributed by atoms with E-state index in [4.69, 9.17) is 0 Å². The first-order valence-corrected chi connectivity index (χ1v) is 8.59. The molecule has 0 spiro atoms. The highest BCUT2D eigenvalue weighted by Crippen LogP contribution is 2.51. The second kappa shape index (κ2) is 5.24. The van der Waals surface area contributed by atoms with E-state index in [1.165, 1.54) is 54.6 Å². The monoisotopic (exact) mass is 291 g/mol. The van der Waals surface area contributed by atoms with E-state index in [1.54, 1.807) is 0 Å². The van der Waals surface area contributed by atoms with Gasteiger partial charge in [0.2, 0.25) is 0 Å². The molecule has 3 saturated heterocycles. The van der Waals surface area contributed by atoms with Crippen molar-refractivity contribution in [2.24, 2.45) is 5.92 Å². The van der Waals surface area contributed by atoms with Gasteiger partial charge in [-0.2, -0.15) is 0 Å². The largest absolute Gasteiger partial charge is 0.290 e. The van der Waals surface area contributed by atoms with Crippen molar-refractivity contribution in [1.29, 1.82) is 0 Å². The molecule has 2 aromatic rings. The zero-order chi connectivity index (χ0) is 15.2. The number of fused-ring (bicyclic) bond motifs is 3. The molecule has 2 aromatic carbocycles. The Morgan fingerprint density at radius 3 is 1.73 bits per heavy atom. The molecule has 0 atom stereocenters. The summed E-state index contributed by atoms with van der Waals surface area (Å²) in [6.45, 7) is 7.04. The predicted octanol–water partition coefficient (Wildman–Crippen LogP) is 4.66. The normalized spacial score (nSPS) is 26.1. The van der Waals surface area contributed by atoms with Crippen molar-refractivity contribution in [3.8, 4) is 0 Å². The summed E-state index contributed by atoms with van der Waals surface area (Å²) in [6.07, 6.45) is 4.03. The van der Waals surface area contributed by atoms with Gasteiger partial charge in [-0.25, -0.2) is 0 Å². The van der Waals surface area contributed by atoms with Gasteiger partial charge >= 0.3 is 0 Å². The molecule has 2 bridgehead atoms. The van der Waals surface area contributed by atoms with E-state index in [1.807, 2.05) is 0 Å². The quantitative estimate of drug-likeness (QED) is 0.777. The van der Waals surface area contributed by atoms with Crippen LogP contribution in [0.25, 0.3) is 0 Å². The van der Waals surface area contributed by atoms with Crippen LogP contribution in [-0.2, 0) is 5.54 Å². The third kappa shape index (κ3) is 1.95. The number of nitrogens with zero attached hydrogens (tertiary/aromatic N) is 1. The molecular formula is C21H25N. The first-order valence-electron chi connectivity index (χ1n) is 8.59. The molecule has 3 aliphatic heterocycles. The molecule has 3 fully saturated rings. The van der Waals surface area contributed by atoms with Crippen LogP contribution >= 0.6 is 0 Å². The first kappa shape index (κ1) is 14.0. The van der Waals surface area contributed by atoms with E-state index in [2.05, 4.69) is 67.3 Å². The van der Waals surface area contributed by atoms with Gasteiger partial charge < -0.3 is 0 Å². The van der Waals surface area contributed by atoms with Crippen molar-refractivity contribution in [3.63, 3.8) is 0 Å². The third-order valence-corrected chi connectivity index (χ3v) is 5.92. The molecule has 1 nitrogen and oxygen atoms in total. The molecule has 0 unspecified atom stereocenters. The molecule has 0 saturated carbocycles. The Morgan fingerprint density at radius 1 is 0.818 bits per heavy atom. The SMILES string of the molecule is Cc1ccccc1C1(c2ccccc2C)CC2CCN1CC2. The Bertz CT molecular complexity index is 634. The average molecular weight is 291 g/mol. The van der Waals surface area contributed by atoms with Gasteiger partial charge in [0, 0.05) is 0 Å². The van der Waals surface area contributed by atoms with Crippen molar-refractivity contribution in [3.05, 3.63) is 70.8 Å². The molecule has 0 N–H and O–H groups in total. The van der Waals surface area contributed by atoms with Crippen molar-refractivity contribution in [2.45, 2.75) is 38.6 Å². The summed E-state index contributed by atoms with van der Waals surface area (Å²) in [4.78, 5) is 2.76. The fraction of sp³-hybridized carbons (Fsp3) is 0.429. The van der Waals surface area contributed by atoms with E-state index >= 15 is 0 Å². The topological polar surface area (TPSA) is 3.24 Å².